The van der Waals surface area contributed by atoms with Crippen LogP contribution in [0.5, 0.6) is 0 Å². The number of rotatable bonds is 3. The quantitative estimate of drug-likeness (QED) is 0.834. The van der Waals surface area contributed by atoms with E-state index >= 15 is 0 Å². The van der Waals surface area contributed by atoms with Crippen LogP contribution in [0.2, 0.25) is 0 Å². The molecule has 2 rings (SSSR count). The first-order valence-electron chi connectivity index (χ1n) is 5.97. The van der Waals surface area contributed by atoms with Crippen LogP contribution in [0.15, 0.2) is 16.9 Å². The highest BCUT2D eigenvalue weighted by atomic mass is 16.1. The Morgan fingerprint density at radius 3 is 3.00 bits per heavy atom. The van der Waals surface area contributed by atoms with Gasteiger partial charge < -0.3 is 0 Å². The predicted molar refractivity (Wildman–Crippen MR) is 63.4 cm³/mol. The molecule has 1 atom stereocenters. The Bertz CT molecular complexity index is 379. The minimum absolute atomic E-state index is 0.129. The fourth-order valence-electron chi connectivity index (χ4n) is 2.49. The lowest BCUT2D eigenvalue weighted by atomic mass is 10.1. The molecule has 2 heterocycles. The van der Waals surface area contributed by atoms with Crippen molar-refractivity contribution in [3.63, 3.8) is 0 Å². The summed E-state index contributed by atoms with van der Waals surface area (Å²) in [4.78, 5) is 13.4. The summed E-state index contributed by atoms with van der Waals surface area (Å²) in [5.41, 5.74) is 0.855. The van der Waals surface area contributed by atoms with E-state index < -0.39 is 0 Å². The maximum Gasteiger partial charge on any atom is 0.264 e. The molecule has 1 aromatic heterocycles. The lowest BCUT2D eigenvalue weighted by molar-refractivity contribution is 0.201. The normalized spacial score (nSPS) is 21.8. The summed E-state index contributed by atoms with van der Waals surface area (Å²) in [5, 5.41) is 6.57. The van der Waals surface area contributed by atoms with Gasteiger partial charge in [-0.15, -0.1) is 0 Å². The molecule has 0 radical (unpaired) electrons. The maximum absolute atomic E-state index is 10.9. The van der Waals surface area contributed by atoms with Crippen molar-refractivity contribution in [3.05, 3.63) is 28.2 Å². The molecule has 1 aliphatic heterocycles. The molecule has 0 aliphatic carbocycles. The smallest absolute Gasteiger partial charge is 0.264 e. The van der Waals surface area contributed by atoms with Crippen molar-refractivity contribution in [2.75, 3.05) is 6.54 Å². The van der Waals surface area contributed by atoms with E-state index in [1.54, 1.807) is 6.07 Å². The fourth-order valence-corrected chi connectivity index (χ4v) is 2.49. The molecule has 1 unspecified atom stereocenters. The number of nitrogens with one attached hydrogen (secondary N) is 1. The van der Waals surface area contributed by atoms with Gasteiger partial charge in [0.1, 0.15) is 0 Å². The summed E-state index contributed by atoms with van der Waals surface area (Å²) >= 11 is 0. The molecule has 1 aliphatic rings. The van der Waals surface area contributed by atoms with E-state index in [1.807, 2.05) is 6.07 Å². The molecule has 88 valence electrons. The largest absolute Gasteiger partial charge is 0.298 e. The number of likely N-dealkylation sites (tertiary alicyclic amines) is 1. The number of nitrogens with zero attached hydrogens (tertiary/aromatic N) is 2. The third-order valence-corrected chi connectivity index (χ3v) is 3.27. The highest BCUT2D eigenvalue weighted by Crippen LogP contribution is 2.22. The van der Waals surface area contributed by atoms with Crippen LogP contribution >= 0.6 is 0 Å². The van der Waals surface area contributed by atoms with Crippen LogP contribution in [-0.2, 0) is 6.42 Å². The van der Waals surface area contributed by atoms with Gasteiger partial charge in [0, 0.05) is 24.6 Å². The zero-order chi connectivity index (χ0) is 11.5. The van der Waals surface area contributed by atoms with Crippen LogP contribution in [0, 0.1) is 0 Å². The number of hydrogen-bond acceptors (Lipinski definition) is 3. The summed E-state index contributed by atoms with van der Waals surface area (Å²) < 4.78 is 0. The highest BCUT2D eigenvalue weighted by molar-refractivity contribution is 5.03. The van der Waals surface area contributed by atoms with E-state index in [0.29, 0.717) is 12.1 Å². The predicted octanol–water partition coefficient (Wildman–Crippen LogP) is 1.19. The van der Waals surface area contributed by atoms with Crippen molar-refractivity contribution in [3.8, 4) is 0 Å². The first-order chi connectivity index (χ1) is 7.66. The molecule has 0 amide bonds. The van der Waals surface area contributed by atoms with Crippen LogP contribution in [0.3, 0.4) is 0 Å². The van der Waals surface area contributed by atoms with Gasteiger partial charge in [0.15, 0.2) is 0 Å². The average molecular weight is 221 g/mol. The average Bonchev–Trinajstić information content (AvgIpc) is 2.69. The van der Waals surface area contributed by atoms with E-state index in [0.717, 1.165) is 12.1 Å². The van der Waals surface area contributed by atoms with Crippen LogP contribution in [-0.4, -0.2) is 33.7 Å². The van der Waals surface area contributed by atoms with Gasteiger partial charge in [0.05, 0.1) is 5.69 Å². The van der Waals surface area contributed by atoms with Gasteiger partial charge in [-0.3, -0.25) is 9.69 Å². The van der Waals surface area contributed by atoms with Gasteiger partial charge in [-0.1, -0.05) is 0 Å². The van der Waals surface area contributed by atoms with E-state index in [2.05, 4.69) is 28.9 Å². The fraction of sp³-hybridized carbons (Fsp3) is 0.667. The minimum atomic E-state index is -0.129. The highest BCUT2D eigenvalue weighted by Gasteiger charge is 2.26. The zero-order valence-corrected chi connectivity index (χ0v) is 9.94. The lowest BCUT2D eigenvalue weighted by Crippen LogP contribution is -2.37. The van der Waals surface area contributed by atoms with Crippen LogP contribution in [0.4, 0.5) is 0 Å². The summed E-state index contributed by atoms with van der Waals surface area (Å²) in [7, 11) is 0. The van der Waals surface area contributed by atoms with Gasteiger partial charge >= 0.3 is 0 Å². The molecule has 4 heteroatoms. The molecule has 0 aromatic carbocycles. The first kappa shape index (κ1) is 11.3. The summed E-state index contributed by atoms with van der Waals surface area (Å²) in [6, 6.07) is 4.56. The molecule has 0 bridgehead atoms. The van der Waals surface area contributed by atoms with Crippen molar-refractivity contribution >= 4 is 0 Å². The van der Waals surface area contributed by atoms with E-state index in [9.17, 15) is 4.79 Å². The van der Waals surface area contributed by atoms with Gasteiger partial charge in [0.2, 0.25) is 0 Å². The molecular formula is C12H19N3O. The van der Waals surface area contributed by atoms with Gasteiger partial charge in [0.25, 0.3) is 5.56 Å². The maximum atomic E-state index is 10.9. The zero-order valence-electron chi connectivity index (χ0n) is 9.94. The second kappa shape index (κ2) is 4.78. The van der Waals surface area contributed by atoms with Crippen molar-refractivity contribution < 1.29 is 0 Å². The molecule has 1 fully saturated rings. The Hall–Kier alpha value is -1.16. The van der Waals surface area contributed by atoms with Crippen molar-refractivity contribution in [1.29, 1.82) is 0 Å². The number of H-pyrrole nitrogens is 1. The summed E-state index contributed by atoms with van der Waals surface area (Å²) in [6.45, 7) is 5.66. The topological polar surface area (TPSA) is 49.0 Å². The summed E-state index contributed by atoms with van der Waals surface area (Å²) in [6.07, 6.45) is 3.44. The van der Waals surface area contributed by atoms with E-state index in [1.165, 1.54) is 19.4 Å². The van der Waals surface area contributed by atoms with Crippen molar-refractivity contribution in [2.45, 2.75) is 45.2 Å². The molecular weight excluding hydrogens is 202 g/mol. The van der Waals surface area contributed by atoms with Gasteiger partial charge in [-0.2, -0.15) is 5.10 Å². The number of aromatic amines is 1. The van der Waals surface area contributed by atoms with Gasteiger partial charge in [-0.05, 0) is 39.3 Å². The molecule has 16 heavy (non-hydrogen) atoms. The van der Waals surface area contributed by atoms with E-state index in [4.69, 9.17) is 0 Å². The number of hydrogen-bond donors (Lipinski definition) is 1. The SMILES string of the molecule is CC(C)N1CCCC1Cc1ccc(=O)[nH]n1. The monoisotopic (exact) mass is 221 g/mol. The number of aromatic nitrogens is 2. The molecule has 1 aromatic rings. The van der Waals surface area contributed by atoms with Crippen LogP contribution in [0.25, 0.3) is 0 Å². The Labute approximate surface area is 95.7 Å². The molecule has 4 nitrogen and oxygen atoms in total. The van der Waals surface area contributed by atoms with Crippen LogP contribution in [0.1, 0.15) is 32.4 Å². The third-order valence-electron chi connectivity index (χ3n) is 3.27. The molecule has 1 saturated heterocycles. The molecule has 0 saturated carbocycles. The second-order valence-corrected chi connectivity index (χ2v) is 4.74. The Morgan fingerprint density at radius 2 is 2.38 bits per heavy atom. The van der Waals surface area contributed by atoms with E-state index in [-0.39, 0.29) is 5.56 Å². The lowest BCUT2D eigenvalue weighted by Gasteiger charge is -2.27. The molecule has 1 N–H and O–H groups in total. The van der Waals surface area contributed by atoms with Crippen molar-refractivity contribution in [1.82, 2.24) is 15.1 Å². The van der Waals surface area contributed by atoms with Crippen LogP contribution < -0.4 is 5.56 Å². The summed E-state index contributed by atoms with van der Waals surface area (Å²) in [5.74, 6) is 0. The Morgan fingerprint density at radius 1 is 1.56 bits per heavy atom. The minimum Gasteiger partial charge on any atom is -0.298 e. The standard InChI is InChI=1S/C12H19N3O/c1-9(2)15-7-3-4-11(15)8-10-5-6-12(16)14-13-10/h5-6,9,11H,3-4,7-8H2,1-2H3,(H,14,16). The Balaban J connectivity index is 2.03. The first-order valence-corrected chi connectivity index (χ1v) is 5.97. The Kier molecular flexibility index (Phi) is 3.39. The third kappa shape index (κ3) is 2.50. The van der Waals surface area contributed by atoms with Crippen molar-refractivity contribution in [2.24, 2.45) is 0 Å². The molecule has 0 spiro atoms. The second-order valence-electron chi connectivity index (χ2n) is 4.74. The van der Waals surface area contributed by atoms with Gasteiger partial charge in [-0.25, -0.2) is 5.10 Å².